The molecule has 1 unspecified atom stereocenters. The molecule has 1 atom stereocenters. The van der Waals surface area contributed by atoms with Crippen LogP contribution in [0.25, 0.3) is 16.8 Å². The minimum atomic E-state index is -0.706. The molecule has 1 radical (unpaired) electrons. The number of nitroso groups, excluding NO2 is 3. The van der Waals surface area contributed by atoms with E-state index in [9.17, 15) is 4.79 Å². The molecule has 0 spiro atoms. The predicted octanol–water partition coefficient (Wildman–Crippen LogP) is 0.137. The summed E-state index contributed by atoms with van der Waals surface area (Å²) < 4.78 is 0. The average molecular weight is 694 g/mol. The van der Waals surface area contributed by atoms with Crippen LogP contribution < -0.4 is 6.15 Å². The Balaban J connectivity index is -0.0000000134. The van der Waals surface area contributed by atoms with E-state index in [4.69, 9.17) is 96.6 Å². The van der Waals surface area contributed by atoms with Crippen molar-refractivity contribution in [3.8, 4) is 0 Å². The number of carboxylic acid groups (broad SMARTS) is 6. The number of carboxylic acids is 1. The van der Waals surface area contributed by atoms with Crippen molar-refractivity contribution in [1.29, 1.82) is 0 Å². The van der Waals surface area contributed by atoms with Crippen LogP contribution in [0.3, 0.4) is 0 Å². The first-order valence-corrected chi connectivity index (χ1v) is 6.61. The normalized spacial score (nSPS) is 5.46. The number of hydrogen-bond donors (Lipinski definition) is 9. The molecule has 0 amide bonds. The maximum atomic E-state index is 9.93. The Morgan fingerprint density at radius 3 is 0.784 bits per heavy atom. The Kier molecular flexibility index (Phi) is 716. The molecule has 0 aromatic carbocycles. The number of rotatable bonds is 2. The Hall–Kier alpha value is -3.24. The Labute approximate surface area is 242 Å². The van der Waals surface area contributed by atoms with Crippen LogP contribution in [-0.2, 0) is 38.5 Å². The number of aliphatic carboxylic acids is 1. The molecule has 0 bridgehead atoms. The summed E-state index contributed by atoms with van der Waals surface area (Å²) in [5, 5.41) is 56.8. The topological polar surface area (TPSA) is 467 Å². The van der Waals surface area contributed by atoms with Gasteiger partial charge in [0.2, 0.25) is 0 Å². The molecule has 0 aliphatic heterocycles. The second kappa shape index (κ2) is 286. The number of hydrogen-bond acceptors (Lipinski definition) is 14. The van der Waals surface area contributed by atoms with Crippen molar-refractivity contribution in [2.24, 2.45) is 5.92 Å². The van der Waals surface area contributed by atoms with Crippen LogP contribution in [-0.4, -0.2) is 99.2 Å². The van der Waals surface area contributed by atoms with Crippen molar-refractivity contribution in [1.82, 2.24) is 6.15 Å². The van der Waals surface area contributed by atoms with Crippen LogP contribution in [0.15, 0.2) is 0 Å². The van der Waals surface area contributed by atoms with Gasteiger partial charge in [0.15, 0.2) is 0 Å². The molecule has 0 aliphatic carbocycles. The monoisotopic (exact) mass is 693 g/mol. The Morgan fingerprint density at radius 1 is 0.703 bits per heavy atom. The maximum Gasteiger partial charge on any atom is 3.00 e. The van der Waals surface area contributed by atoms with Gasteiger partial charge in [-0.1, -0.05) is 13.8 Å². The van der Waals surface area contributed by atoms with Gasteiger partial charge in [0.05, 0.1) is 20.1 Å². The van der Waals surface area contributed by atoms with Gasteiger partial charge in [-0.05, 0) is 6.42 Å². The summed E-state index contributed by atoms with van der Waals surface area (Å²) in [4.78, 5) is 80.0. The summed E-state index contributed by atoms with van der Waals surface area (Å²) in [6, 6.07) is 0. The van der Waals surface area contributed by atoms with E-state index in [0.29, 0.717) is 0 Å². The predicted molar refractivity (Wildman–Crippen MR) is 119 cm³/mol. The van der Waals surface area contributed by atoms with Crippen LogP contribution in [0.2, 0.25) is 0 Å². The zero-order chi connectivity index (χ0) is 30.8. The van der Waals surface area contributed by atoms with Crippen LogP contribution in [0.4, 0.5) is 0 Å². The van der Waals surface area contributed by atoms with Crippen molar-refractivity contribution in [3.63, 3.8) is 0 Å². The van der Waals surface area contributed by atoms with Gasteiger partial charge in [-0.2, -0.15) is 0 Å². The number of nitrogens with zero attached hydrogens (tertiary/aromatic N) is 3. The fourth-order valence-electron chi connectivity index (χ4n) is 0.175. The molecule has 0 saturated heterocycles. The van der Waals surface area contributed by atoms with Crippen molar-refractivity contribution in [3.05, 3.63) is 31.5 Å². The van der Waals surface area contributed by atoms with E-state index in [1.54, 1.807) is 6.92 Å². The van der Waals surface area contributed by atoms with Crippen molar-refractivity contribution in [2.75, 3.05) is 14.2 Å². The van der Waals surface area contributed by atoms with Crippen molar-refractivity contribution < 1.29 is 127 Å². The van der Waals surface area contributed by atoms with Crippen LogP contribution in [0, 0.1) is 62.4 Å². The number of carbonyl (C=O) groups is 6. The maximum absolute atomic E-state index is 9.93. The second-order valence-corrected chi connectivity index (χ2v) is 2.54. The van der Waals surface area contributed by atoms with Crippen LogP contribution >= 0.6 is 0 Å². The summed E-state index contributed by atoms with van der Waals surface area (Å²) >= 11 is 0. The second-order valence-electron chi connectivity index (χ2n) is 2.54. The van der Waals surface area contributed by atoms with Gasteiger partial charge in [0, 0.05) is 0 Å². The molecule has 225 valence electrons. The van der Waals surface area contributed by atoms with E-state index in [-0.39, 0.29) is 91.7 Å². The Morgan fingerprint density at radius 2 is 0.784 bits per heavy atom. The minimum Gasteiger partial charge on any atom is -0.577 e. The van der Waals surface area contributed by atoms with E-state index in [1.807, 2.05) is 6.92 Å². The molecular formula is C12H33CeN4O20. The third-order valence-electron chi connectivity index (χ3n) is 1.03. The van der Waals surface area contributed by atoms with Gasteiger partial charge in [0.25, 0.3) is 32.4 Å². The van der Waals surface area contributed by atoms with Gasteiger partial charge < -0.3 is 73.8 Å². The molecule has 0 aromatic heterocycles. The largest absolute Gasteiger partial charge is 3.00 e. The third kappa shape index (κ3) is 4080. The van der Waals surface area contributed by atoms with Crippen LogP contribution in [0.1, 0.15) is 20.3 Å². The summed E-state index contributed by atoms with van der Waals surface area (Å²) in [5.74, 6) is -0.887. The zero-order valence-electron chi connectivity index (χ0n) is 19.8. The molecule has 0 aliphatic rings. The average Bonchev–Trinajstić information content (AvgIpc) is 2.81. The SMILES string of the molecule is CCC(C)C(=O)O.COO.COO.N.O.O=CO.O=CO.O=CO.O=CO.O=CO.[Ce+3].[N-]=O.[N-]=O.[N-]=O. The summed E-state index contributed by atoms with van der Waals surface area (Å²) in [5.41, 5.74) is 17.2. The van der Waals surface area contributed by atoms with Gasteiger partial charge >= 0.3 is 47.7 Å². The van der Waals surface area contributed by atoms with Crippen molar-refractivity contribution in [2.45, 2.75) is 20.3 Å². The van der Waals surface area contributed by atoms with Gasteiger partial charge in [-0.15, -0.1) is 0 Å². The van der Waals surface area contributed by atoms with Gasteiger partial charge in [-0.25, -0.2) is 9.78 Å². The van der Waals surface area contributed by atoms with E-state index in [2.05, 4.69) is 9.78 Å². The molecule has 37 heavy (non-hydrogen) atoms. The first-order valence-electron chi connectivity index (χ1n) is 6.61. The first-order chi connectivity index (χ1) is 16.1. The zero-order valence-corrected chi connectivity index (χ0v) is 22.9. The van der Waals surface area contributed by atoms with E-state index < -0.39 is 5.97 Å². The quantitative estimate of drug-likeness (QED) is 0.105. The fraction of sp³-hybridized carbons (Fsp3) is 0.500. The molecule has 0 saturated carbocycles. The summed E-state index contributed by atoms with van der Waals surface area (Å²) in [6.45, 7) is 2.31. The molecule has 0 heterocycles. The van der Waals surface area contributed by atoms with Crippen molar-refractivity contribution >= 4 is 38.3 Å². The van der Waals surface area contributed by atoms with Gasteiger partial charge in [0.1, 0.15) is 0 Å². The van der Waals surface area contributed by atoms with E-state index in [0.717, 1.165) is 6.42 Å². The molecular weight excluding hydrogens is 660 g/mol. The minimum absolute atomic E-state index is 0. The van der Waals surface area contributed by atoms with Crippen LogP contribution in [0.5, 0.6) is 0 Å². The summed E-state index contributed by atoms with van der Waals surface area (Å²) in [6.07, 6.45) is 0.718. The third-order valence-corrected chi connectivity index (χ3v) is 1.03. The first kappa shape index (κ1) is 92.8. The smallest absolute Gasteiger partial charge is 0.577 e. The molecule has 24 nitrogen and oxygen atoms in total. The standard InChI is InChI=1S/C5H10O2.2CH4O2.5CH2O2.Ce.3NO.H3N.H2O/c1-3-4(2)5(6)7;2*1-3-2;5*2-1-3;;3*1-2;;/h4H,3H2,1-2H3,(H,6,7);2*2H,1H3;5*1H,(H,2,3);;;;;1H3;1H2/q;;;;;;;;+3;3*-1;;. The molecule has 0 fully saturated rings. The van der Waals surface area contributed by atoms with E-state index in [1.165, 1.54) is 14.2 Å². The molecule has 25 heteroatoms. The molecule has 13 N–H and O–H groups in total. The fourth-order valence-corrected chi connectivity index (χ4v) is 0.175. The Bertz CT molecular complexity index is 294. The van der Waals surface area contributed by atoms with E-state index >= 15 is 0 Å². The molecule has 0 aromatic rings. The summed E-state index contributed by atoms with van der Waals surface area (Å²) in [7, 11) is 2.36. The van der Waals surface area contributed by atoms with Gasteiger partial charge in [-0.3, -0.25) is 39.3 Å². The molecule has 0 rings (SSSR count).